The minimum absolute atomic E-state index is 0.0121. The van der Waals surface area contributed by atoms with Gasteiger partial charge in [-0.1, -0.05) is 30.3 Å². The van der Waals surface area contributed by atoms with Gasteiger partial charge in [-0.2, -0.15) is 0 Å². The summed E-state index contributed by atoms with van der Waals surface area (Å²) in [6, 6.07) is 10.3. The van der Waals surface area contributed by atoms with Crippen LogP contribution in [0, 0.1) is 0 Å². The van der Waals surface area contributed by atoms with Crippen molar-refractivity contribution in [1.82, 2.24) is 10.2 Å². The standard InChI is InChI=1S/C15H24N2O2/c1-13(2)17(10-11-18)12-15(19)16-9-8-14-6-4-3-5-7-14/h3-7,13,18H,8-12H2,1-2H3,(H,16,19). The zero-order valence-electron chi connectivity index (χ0n) is 11.8. The molecule has 0 unspecified atom stereocenters. The normalized spacial score (nSPS) is 11.0. The lowest BCUT2D eigenvalue weighted by Gasteiger charge is -2.24. The van der Waals surface area contributed by atoms with Crippen LogP contribution >= 0.6 is 0 Å². The van der Waals surface area contributed by atoms with Crippen molar-refractivity contribution >= 4 is 5.91 Å². The van der Waals surface area contributed by atoms with Crippen LogP contribution in [0.1, 0.15) is 19.4 Å². The number of aliphatic hydroxyl groups excluding tert-OH is 1. The van der Waals surface area contributed by atoms with E-state index in [1.807, 2.05) is 36.9 Å². The number of carbonyl (C=O) groups excluding carboxylic acids is 1. The SMILES string of the molecule is CC(C)N(CCO)CC(=O)NCCc1ccccc1. The average Bonchev–Trinajstić information content (AvgIpc) is 2.39. The van der Waals surface area contributed by atoms with Crippen molar-refractivity contribution in [3.05, 3.63) is 35.9 Å². The molecule has 0 aliphatic heterocycles. The van der Waals surface area contributed by atoms with Crippen molar-refractivity contribution in [2.75, 3.05) is 26.2 Å². The predicted octanol–water partition coefficient (Wildman–Crippen LogP) is 1.05. The molecule has 1 aromatic carbocycles. The van der Waals surface area contributed by atoms with Crippen LogP contribution in [0.2, 0.25) is 0 Å². The second-order valence-corrected chi connectivity index (χ2v) is 4.87. The maximum atomic E-state index is 11.8. The highest BCUT2D eigenvalue weighted by Crippen LogP contribution is 1.99. The Morgan fingerprint density at radius 3 is 2.58 bits per heavy atom. The molecule has 1 aromatic rings. The van der Waals surface area contributed by atoms with E-state index in [1.165, 1.54) is 5.56 Å². The van der Waals surface area contributed by atoms with E-state index in [0.29, 0.717) is 19.6 Å². The lowest BCUT2D eigenvalue weighted by Crippen LogP contribution is -2.42. The van der Waals surface area contributed by atoms with Gasteiger partial charge >= 0.3 is 0 Å². The first-order valence-electron chi connectivity index (χ1n) is 6.79. The highest BCUT2D eigenvalue weighted by atomic mass is 16.3. The molecule has 0 heterocycles. The summed E-state index contributed by atoms with van der Waals surface area (Å²) in [4.78, 5) is 13.7. The van der Waals surface area contributed by atoms with Gasteiger partial charge < -0.3 is 10.4 Å². The lowest BCUT2D eigenvalue weighted by molar-refractivity contribution is -0.122. The van der Waals surface area contributed by atoms with E-state index in [4.69, 9.17) is 5.11 Å². The zero-order chi connectivity index (χ0) is 14.1. The van der Waals surface area contributed by atoms with Crippen LogP contribution in [0.5, 0.6) is 0 Å². The van der Waals surface area contributed by atoms with Gasteiger partial charge in [-0.25, -0.2) is 0 Å². The van der Waals surface area contributed by atoms with Crippen molar-refractivity contribution in [1.29, 1.82) is 0 Å². The van der Waals surface area contributed by atoms with Gasteiger partial charge in [0, 0.05) is 19.1 Å². The Morgan fingerprint density at radius 1 is 1.32 bits per heavy atom. The van der Waals surface area contributed by atoms with Crippen molar-refractivity contribution < 1.29 is 9.90 Å². The minimum atomic E-state index is 0.0121. The minimum Gasteiger partial charge on any atom is -0.395 e. The molecule has 0 saturated heterocycles. The number of hydrogen-bond acceptors (Lipinski definition) is 3. The Hall–Kier alpha value is -1.39. The molecule has 1 rings (SSSR count). The summed E-state index contributed by atoms with van der Waals surface area (Å²) >= 11 is 0. The Bertz CT molecular complexity index is 366. The van der Waals surface area contributed by atoms with Gasteiger partial charge in [-0.05, 0) is 25.8 Å². The molecule has 0 aromatic heterocycles. The molecule has 1 amide bonds. The third-order valence-corrected chi connectivity index (χ3v) is 3.04. The number of nitrogens with zero attached hydrogens (tertiary/aromatic N) is 1. The molecule has 0 radical (unpaired) electrons. The highest BCUT2D eigenvalue weighted by Gasteiger charge is 2.12. The molecule has 19 heavy (non-hydrogen) atoms. The summed E-state index contributed by atoms with van der Waals surface area (Å²) in [5.41, 5.74) is 1.22. The Morgan fingerprint density at radius 2 is 2.00 bits per heavy atom. The van der Waals surface area contributed by atoms with Crippen LogP contribution in [0.15, 0.2) is 30.3 Å². The van der Waals surface area contributed by atoms with Gasteiger partial charge in [0.05, 0.1) is 13.2 Å². The predicted molar refractivity (Wildman–Crippen MR) is 77.0 cm³/mol. The number of hydrogen-bond donors (Lipinski definition) is 2. The van der Waals surface area contributed by atoms with E-state index in [9.17, 15) is 4.79 Å². The summed E-state index contributed by atoms with van der Waals surface area (Å²) in [7, 11) is 0. The fourth-order valence-electron chi connectivity index (χ4n) is 1.88. The number of aliphatic hydroxyl groups is 1. The molecule has 0 atom stereocenters. The van der Waals surface area contributed by atoms with E-state index in [-0.39, 0.29) is 18.6 Å². The second kappa shape index (κ2) is 8.67. The lowest BCUT2D eigenvalue weighted by atomic mass is 10.1. The summed E-state index contributed by atoms with van der Waals surface area (Å²) < 4.78 is 0. The van der Waals surface area contributed by atoms with E-state index in [1.54, 1.807) is 0 Å². The van der Waals surface area contributed by atoms with Gasteiger partial charge in [0.1, 0.15) is 0 Å². The molecule has 0 fully saturated rings. The fourth-order valence-corrected chi connectivity index (χ4v) is 1.88. The molecule has 0 spiro atoms. The molecule has 0 saturated carbocycles. The Kier molecular flexibility index (Phi) is 7.15. The number of rotatable bonds is 8. The van der Waals surface area contributed by atoms with Crippen LogP contribution < -0.4 is 5.32 Å². The molecule has 4 heteroatoms. The number of carbonyl (C=O) groups is 1. The molecule has 0 aliphatic carbocycles. The first-order chi connectivity index (χ1) is 9.13. The van der Waals surface area contributed by atoms with Crippen LogP contribution in [0.4, 0.5) is 0 Å². The van der Waals surface area contributed by atoms with Crippen LogP contribution in [0.3, 0.4) is 0 Å². The summed E-state index contributed by atoms with van der Waals surface area (Å²) in [6.45, 7) is 5.64. The highest BCUT2D eigenvalue weighted by molar-refractivity contribution is 5.78. The maximum Gasteiger partial charge on any atom is 0.234 e. The Balaban J connectivity index is 2.27. The van der Waals surface area contributed by atoms with Gasteiger partial charge in [-0.15, -0.1) is 0 Å². The average molecular weight is 264 g/mol. The molecule has 0 bridgehead atoms. The van der Waals surface area contributed by atoms with E-state index in [2.05, 4.69) is 17.4 Å². The van der Waals surface area contributed by atoms with E-state index in [0.717, 1.165) is 6.42 Å². The fraction of sp³-hybridized carbons (Fsp3) is 0.533. The topological polar surface area (TPSA) is 52.6 Å². The van der Waals surface area contributed by atoms with Gasteiger partial charge in [-0.3, -0.25) is 9.69 Å². The van der Waals surface area contributed by atoms with Crippen molar-refractivity contribution in [3.8, 4) is 0 Å². The van der Waals surface area contributed by atoms with Crippen molar-refractivity contribution in [2.45, 2.75) is 26.3 Å². The summed E-state index contributed by atoms with van der Waals surface area (Å²) in [6.07, 6.45) is 0.842. The molecule has 0 aliphatic rings. The molecular formula is C15H24N2O2. The number of nitrogens with one attached hydrogen (secondary N) is 1. The van der Waals surface area contributed by atoms with Gasteiger partial charge in [0.2, 0.25) is 5.91 Å². The van der Waals surface area contributed by atoms with E-state index >= 15 is 0 Å². The monoisotopic (exact) mass is 264 g/mol. The first-order valence-corrected chi connectivity index (χ1v) is 6.79. The van der Waals surface area contributed by atoms with Crippen molar-refractivity contribution in [3.63, 3.8) is 0 Å². The van der Waals surface area contributed by atoms with Crippen LogP contribution in [-0.4, -0.2) is 48.2 Å². The molecule has 2 N–H and O–H groups in total. The summed E-state index contributed by atoms with van der Waals surface area (Å²) in [5, 5.41) is 11.9. The van der Waals surface area contributed by atoms with Gasteiger partial charge in [0.25, 0.3) is 0 Å². The van der Waals surface area contributed by atoms with Crippen LogP contribution in [0.25, 0.3) is 0 Å². The van der Waals surface area contributed by atoms with Gasteiger partial charge in [0.15, 0.2) is 0 Å². The third-order valence-electron chi connectivity index (χ3n) is 3.04. The largest absolute Gasteiger partial charge is 0.395 e. The van der Waals surface area contributed by atoms with Crippen molar-refractivity contribution in [2.24, 2.45) is 0 Å². The smallest absolute Gasteiger partial charge is 0.234 e. The first kappa shape index (κ1) is 15.7. The summed E-state index contributed by atoms with van der Waals surface area (Å²) in [5.74, 6) is 0.0121. The molecular weight excluding hydrogens is 240 g/mol. The second-order valence-electron chi connectivity index (χ2n) is 4.87. The molecule has 106 valence electrons. The molecule has 4 nitrogen and oxygen atoms in total. The zero-order valence-corrected chi connectivity index (χ0v) is 11.8. The maximum absolute atomic E-state index is 11.8. The van der Waals surface area contributed by atoms with Crippen LogP contribution in [-0.2, 0) is 11.2 Å². The quantitative estimate of drug-likeness (QED) is 0.738. The Labute approximate surface area is 115 Å². The number of benzene rings is 1. The third kappa shape index (κ3) is 6.36. The number of amides is 1. The van der Waals surface area contributed by atoms with E-state index < -0.39 is 0 Å².